The number of rotatable bonds is 53. The number of hydrogen-bond acceptors (Lipinski definition) is 13. The maximum atomic E-state index is 13.2. The minimum absolute atomic E-state index is 0.0466. The molecule has 1 amide bonds. The molecular weight excluding hydrogens is 1040 g/mol. The molecule has 0 spiro atoms. The van der Waals surface area contributed by atoms with Gasteiger partial charge in [0, 0.05) is 6.42 Å². The lowest BCUT2D eigenvalue weighted by Crippen LogP contribution is -2.65. The Morgan fingerprint density at radius 2 is 0.829 bits per heavy atom. The van der Waals surface area contributed by atoms with Crippen molar-refractivity contribution in [2.24, 2.45) is 0 Å². The highest BCUT2D eigenvalue weighted by Crippen LogP contribution is 2.30. The lowest BCUT2D eigenvalue weighted by molar-refractivity contribution is -0.359. The normalized spacial score (nSPS) is 24.4. The van der Waals surface area contributed by atoms with Crippen LogP contribution in [-0.4, -0.2) is 140 Å². The SMILES string of the molecule is CC/C=C\C/C=C\C/C=C\C/C=C\C/C=C\CC(=O)NC(COC1OC(CO)C(OC2OC(CO)C(O)C(O)C2O)C(O)C1O)C(O)/C=C/CCCCCCCCCCCCCCCCCCCCCCCCCCCCCCCCC. The van der Waals surface area contributed by atoms with Crippen LogP contribution >= 0.6 is 0 Å². The third-order valence-corrected chi connectivity index (χ3v) is 15.9. The quantitative estimate of drug-likeness (QED) is 0.0204. The Hall–Kier alpha value is -2.57. The van der Waals surface area contributed by atoms with E-state index in [0.717, 1.165) is 51.4 Å². The van der Waals surface area contributed by atoms with E-state index in [1.165, 1.54) is 180 Å². The zero-order chi connectivity index (χ0) is 59.5. The molecule has 2 aliphatic heterocycles. The summed E-state index contributed by atoms with van der Waals surface area (Å²) in [7, 11) is 0. The Morgan fingerprint density at radius 1 is 0.451 bits per heavy atom. The largest absolute Gasteiger partial charge is 0.394 e. The van der Waals surface area contributed by atoms with E-state index in [0.29, 0.717) is 6.42 Å². The first-order chi connectivity index (χ1) is 40.1. The van der Waals surface area contributed by atoms with Gasteiger partial charge in [-0.05, 0) is 44.9 Å². The van der Waals surface area contributed by atoms with Gasteiger partial charge in [0.05, 0.1) is 32.0 Å². The second-order valence-electron chi connectivity index (χ2n) is 23.2. The Morgan fingerprint density at radius 3 is 1.24 bits per heavy atom. The zero-order valence-corrected chi connectivity index (χ0v) is 51.5. The van der Waals surface area contributed by atoms with Crippen molar-refractivity contribution in [2.75, 3.05) is 19.8 Å². The summed E-state index contributed by atoms with van der Waals surface area (Å²) in [5.41, 5.74) is 0. The molecule has 0 aromatic rings. The third-order valence-electron chi connectivity index (χ3n) is 15.9. The van der Waals surface area contributed by atoms with E-state index in [2.05, 4.69) is 61.7 Å². The second-order valence-corrected chi connectivity index (χ2v) is 23.2. The highest BCUT2D eigenvalue weighted by molar-refractivity contribution is 5.77. The predicted octanol–water partition coefficient (Wildman–Crippen LogP) is 12.7. The van der Waals surface area contributed by atoms with Crippen LogP contribution in [0.25, 0.3) is 0 Å². The average Bonchev–Trinajstić information content (AvgIpc) is 3.53. The number of carbonyl (C=O) groups excluding carboxylic acids is 1. The van der Waals surface area contributed by atoms with Gasteiger partial charge >= 0.3 is 0 Å². The van der Waals surface area contributed by atoms with Gasteiger partial charge < -0.3 is 65.1 Å². The zero-order valence-electron chi connectivity index (χ0n) is 51.5. The van der Waals surface area contributed by atoms with Gasteiger partial charge in [-0.2, -0.15) is 0 Å². The molecule has 476 valence electrons. The maximum absolute atomic E-state index is 13.2. The number of allylic oxidation sites excluding steroid dienone is 10. The van der Waals surface area contributed by atoms with Crippen LogP contribution in [0.15, 0.2) is 72.9 Å². The van der Waals surface area contributed by atoms with Crippen LogP contribution in [0.3, 0.4) is 0 Å². The molecule has 2 fully saturated rings. The molecule has 0 radical (unpaired) electrons. The molecule has 14 nitrogen and oxygen atoms in total. The maximum Gasteiger partial charge on any atom is 0.224 e. The molecule has 0 saturated carbocycles. The summed E-state index contributed by atoms with van der Waals surface area (Å²) in [5, 5.41) is 87.1. The standard InChI is InChI=1S/C68H121NO13/c1-3-5-7-9-11-13-15-17-19-20-21-22-23-24-25-26-27-28-29-30-31-32-33-34-35-36-38-39-41-43-45-47-49-51-57(72)56(69-60(73)52-50-48-46-44-42-40-37-18-16-14-12-10-8-6-4-2)55-79-67-65(78)63(76)66(59(54-71)81-67)82-68-64(77)62(75)61(74)58(53-70)80-68/h6,8,12,14,18,37,42,44,48-51,56-59,61-68,70-72,74-78H,3-5,7,9-11,13,15-17,19-36,38-41,43,45-47,52-55H2,1-2H3,(H,69,73)/b8-6-,14-12-,37-18-,44-42-,50-48-,51-49+. The van der Waals surface area contributed by atoms with E-state index >= 15 is 0 Å². The second kappa shape index (κ2) is 52.7. The molecule has 0 aliphatic carbocycles. The number of unbranched alkanes of at least 4 members (excludes halogenated alkanes) is 31. The molecular formula is C68H121NO13. The van der Waals surface area contributed by atoms with Crippen molar-refractivity contribution in [1.29, 1.82) is 0 Å². The smallest absolute Gasteiger partial charge is 0.224 e. The average molecular weight is 1160 g/mol. The summed E-state index contributed by atoms with van der Waals surface area (Å²) in [4.78, 5) is 13.2. The van der Waals surface area contributed by atoms with Gasteiger partial charge in [-0.15, -0.1) is 0 Å². The fraction of sp³-hybridized carbons (Fsp3) is 0.809. The van der Waals surface area contributed by atoms with Gasteiger partial charge in [0.2, 0.25) is 5.91 Å². The fourth-order valence-corrected chi connectivity index (χ4v) is 10.7. The Balaban J connectivity index is 1.67. The Bertz CT molecular complexity index is 1650. The predicted molar refractivity (Wildman–Crippen MR) is 332 cm³/mol. The lowest BCUT2D eigenvalue weighted by atomic mass is 9.97. The van der Waals surface area contributed by atoms with E-state index in [9.17, 15) is 45.6 Å². The molecule has 2 rings (SSSR count). The topological polar surface area (TPSA) is 228 Å². The minimum atomic E-state index is -1.80. The van der Waals surface area contributed by atoms with E-state index in [1.54, 1.807) is 12.2 Å². The number of aliphatic hydroxyl groups excluding tert-OH is 8. The first kappa shape index (κ1) is 75.5. The molecule has 14 heteroatoms. The first-order valence-corrected chi connectivity index (χ1v) is 33.2. The molecule has 0 aromatic carbocycles. The van der Waals surface area contributed by atoms with Crippen LogP contribution in [0.1, 0.15) is 258 Å². The number of hydrogen-bond donors (Lipinski definition) is 9. The van der Waals surface area contributed by atoms with Gasteiger partial charge in [-0.1, -0.05) is 279 Å². The number of aliphatic hydroxyl groups is 8. The molecule has 2 heterocycles. The van der Waals surface area contributed by atoms with Crippen LogP contribution in [0.2, 0.25) is 0 Å². The van der Waals surface area contributed by atoms with Crippen LogP contribution in [0, 0.1) is 0 Å². The van der Waals surface area contributed by atoms with Crippen LogP contribution in [0.4, 0.5) is 0 Å². The van der Waals surface area contributed by atoms with Crippen molar-refractivity contribution >= 4 is 5.91 Å². The molecule has 12 atom stereocenters. The van der Waals surface area contributed by atoms with E-state index in [4.69, 9.17) is 18.9 Å². The molecule has 0 bridgehead atoms. The van der Waals surface area contributed by atoms with Gasteiger partial charge in [-0.3, -0.25) is 4.79 Å². The van der Waals surface area contributed by atoms with E-state index in [-0.39, 0.29) is 18.9 Å². The van der Waals surface area contributed by atoms with Crippen molar-refractivity contribution in [3.63, 3.8) is 0 Å². The van der Waals surface area contributed by atoms with Crippen LogP contribution < -0.4 is 5.32 Å². The van der Waals surface area contributed by atoms with Crippen LogP contribution in [0.5, 0.6) is 0 Å². The van der Waals surface area contributed by atoms with Crippen molar-refractivity contribution in [2.45, 2.75) is 331 Å². The number of ether oxygens (including phenoxy) is 4. The summed E-state index contributed by atoms with van der Waals surface area (Å²) >= 11 is 0. The Labute approximate surface area is 498 Å². The number of nitrogens with one attached hydrogen (secondary N) is 1. The first-order valence-electron chi connectivity index (χ1n) is 33.2. The van der Waals surface area contributed by atoms with E-state index in [1.807, 2.05) is 18.2 Å². The number of amides is 1. The summed E-state index contributed by atoms with van der Waals surface area (Å²) in [6, 6.07) is -0.974. The Kier molecular flexibility index (Phi) is 48.6. The summed E-state index contributed by atoms with van der Waals surface area (Å²) < 4.78 is 22.7. The van der Waals surface area contributed by atoms with Crippen molar-refractivity contribution in [3.05, 3.63) is 72.9 Å². The van der Waals surface area contributed by atoms with Crippen LogP contribution in [-0.2, 0) is 23.7 Å². The van der Waals surface area contributed by atoms with Gasteiger partial charge in [-0.25, -0.2) is 0 Å². The van der Waals surface area contributed by atoms with Crippen molar-refractivity contribution in [3.8, 4) is 0 Å². The van der Waals surface area contributed by atoms with Crippen molar-refractivity contribution < 1.29 is 64.6 Å². The molecule has 0 aromatic heterocycles. The molecule has 12 unspecified atom stereocenters. The van der Waals surface area contributed by atoms with Gasteiger partial charge in [0.1, 0.15) is 48.8 Å². The molecule has 2 aliphatic rings. The highest BCUT2D eigenvalue weighted by Gasteiger charge is 2.51. The lowest BCUT2D eigenvalue weighted by Gasteiger charge is -2.46. The summed E-state index contributed by atoms with van der Waals surface area (Å²) in [6.07, 6.45) is 54.4. The fourth-order valence-electron chi connectivity index (χ4n) is 10.7. The molecule has 2 saturated heterocycles. The molecule has 9 N–H and O–H groups in total. The van der Waals surface area contributed by atoms with E-state index < -0.39 is 86.8 Å². The van der Waals surface area contributed by atoms with Gasteiger partial charge in [0.15, 0.2) is 12.6 Å². The highest BCUT2D eigenvalue weighted by atomic mass is 16.7. The monoisotopic (exact) mass is 1160 g/mol. The van der Waals surface area contributed by atoms with Gasteiger partial charge in [0.25, 0.3) is 0 Å². The number of carbonyl (C=O) groups is 1. The minimum Gasteiger partial charge on any atom is -0.394 e. The summed E-state index contributed by atoms with van der Waals surface area (Å²) in [5.74, 6) is -0.366. The van der Waals surface area contributed by atoms with Crippen molar-refractivity contribution in [1.82, 2.24) is 5.32 Å². The summed E-state index contributed by atoms with van der Waals surface area (Å²) in [6.45, 7) is 2.63. The molecule has 82 heavy (non-hydrogen) atoms. The third kappa shape index (κ3) is 37.1.